The van der Waals surface area contributed by atoms with Crippen LogP contribution in [0.25, 0.3) is 0 Å². The van der Waals surface area contributed by atoms with Crippen LogP contribution in [-0.4, -0.2) is 23.3 Å². The molecule has 106 valence electrons. The molecule has 5 nitrogen and oxygen atoms in total. The van der Waals surface area contributed by atoms with Crippen LogP contribution in [0.4, 0.5) is 0 Å². The van der Waals surface area contributed by atoms with Gasteiger partial charge < -0.3 is 15.0 Å². The Bertz CT molecular complexity index is 582. The van der Waals surface area contributed by atoms with E-state index < -0.39 is 0 Å². The van der Waals surface area contributed by atoms with E-state index in [4.69, 9.17) is 15.0 Å². The van der Waals surface area contributed by atoms with E-state index in [0.29, 0.717) is 18.1 Å². The molecule has 2 N–H and O–H groups in total. The summed E-state index contributed by atoms with van der Waals surface area (Å²) in [6, 6.07) is 8.04. The van der Waals surface area contributed by atoms with Crippen LogP contribution < -0.4 is 10.5 Å². The molecule has 0 amide bonds. The number of hydrogen-bond acceptors (Lipinski definition) is 5. The highest BCUT2D eigenvalue weighted by atomic mass is 16.5. The van der Waals surface area contributed by atoms with E-state index in [1.807, 2.05) is 24.3 Å². The van der Waals surface area contributed by atoms with Crippen LogP contribution in [0.15, 0.2) is 28.8 Å². The van der Waals surface area contributed by atoms with Gasteiger partial charge in [-0.25, -0.2) is 0 Å². The number of nitrogens with two attached hydrogens (primary N) is 1. The van der Waals surface area contributed by atoms with E-state index in [1.54, 1.807) is 7.11 Å². The molecule has 1 fully saturated rings. The number of nitrogens with zero attached hydrogens (tertiary/aromatic N) is 2. The fraction of sp³-hybridized carbons (Fsp3) is 0.467. The Balaban J connectivity index is 1.73. The lowest BCUT2D eigenvalue weighted by Gasteiger charge is -2.08. The Morgan fingerprint density at radius 3 is 3.05 bits per heavy atom. The quantitative estimate of drug-likeness (QED) is 0.925. The fourth-order valence-corrected chi connectivity index (χ4v) is 2.75. The van der Waals surface area contributed by atoms with Crippen LogP contribution in [0.2, 0.25) is 0 Å². The highest BCUT2D eigenvalue weighted by Crippen LogP contribution is 2.32. The third-order valence-corrected chi connectivity index (χ3v) is 3.87. The summed E-state index contributed by atoms with van der Waals surface area (Å²) in [5, 5.41) is 4.06. The van der Waals surface area contributed by atoms with Gasteiger partial charge in [0.05, 0.1) is 13.0 Å². The van der Waals surface area contributed by atoms with Crippen LogP contribution in [0, 0.1) is 0 Å². The van der Waals surface area contributed by atoms with Crippen molar-refractivity contribution in [2.75, 3.05) is 7.11 Å². The molecule has 3 rings (SSSR count). The predicted octanol–water partition coefficient (Wildman–Crippen LogP) is 2.26. The Morgan fingerprint density at radius 1 is 1.40 bits per heavy atom. The first-order valence-electron chi connectivity index (χ1n) is 6.97. The normalized spacial score (nSPS) is 22.1. The topological polar surface area (TPSA) is 74.2 Å². The van der Waals surface area contributed by atoms with E-state index in [9.17, 15) is 0 Å². The van der Waals surface area contributed by atoms with Crippen LogP contribution in [0.5, 0.6) is 5.75 Å². The summed E-state index contributed by atoms with van der Waals surface area (Å²) < 4.78 is 10.6. The maximum atomic E-state index is 6.07. The Morgan fingerprint density at radius 2 is 2.30 bits per heavy atom. The smallest absolute Gasteiger partial charge is 0.231 e. The van der Waals surface area contributed by atoms with Gasteiger partial charge in [0.25, 0.3) is 0 Å². The van der Waals surface area contributed by atoms with Crippen molar-refractivity contribution in [1.82, 2.24) is 10.1 Å². The van der Waals surface area contributed by atoms with Crippen molar-refractivity contribution in [3.63, 3.8) is 0 Å². The van der Waals surface area contributed by atoms with E-state index in [1.165, 1.54) is 0 Å². The minimum Gasteiger partial charge on any atom is -0.497 e. The molecule has 2 atom stereocenters. The average Bonchev–Trinajstić information content (AvgIpc) is 3.08. The molecule has 5 heteroatoms. The maximum absolute atomic E-state index is 6.07. The van der Waals surface area contributed by atoms with Crippen molar-refractivity contribution in [1.29, 1.82) is 0 Å². The number of rotatable bonds is 4. The lowest BCUT2D eigenvalue weighted by atomic mass is 10.1. The zero-order valence-electron chi connectivity index (χ0n) is 11.6. The second-order valence-corrected chi connectivity index (χ2v) is 5.28. The van der Waals surface area contributed by atoms with Gasteiger partial charge in [-0.3, -0.25) is 0 Å². The van der Waals surface area contributed by atoms with Gasteiger partial charge in [-0.05, 0) is 30.5 Å². The van der Waals surface area contributed by atoms with E-state index in [-0.39, 0.29) is 12.0 Å². The third kappa shape index (κ3) is 2.67. The highest BCUT2D eigenvalue weighted by Gasteiger charge is 2.30. The van der Waals surface area contributed by atoms with Crippen LogP contribution in [-0.2, 0) is 6.42 Å². The SMILES string of the molecule is COc1cccc(Cc2noc(C3CCCC3N)n2)c1. The molecule has 1 saturated carbocycles. The Labute approximate surface area is 118 Å². The highest BCUT2D eigenvalue weighted by molar-refractivity contribution is 5.30. The van der Waals surface area contributed by atoms with Crippen molar-refractivity contribution in [3.05, 3.63) is 41.5 Å². The minimum atomic E-state index is 0.153. The summed E-state index contributed by atoms with van der Waals surface area (Å²) in [4.78, 5) is 4.49. The van der Waals surface area contributed by atoms with E-state index in [2.05, 4.69) is 10.1 Å². The molecule has 0 saturated heterocycles. The molecular weight excluding hydrogens is 254 g/mol. The maximum Gasteiger partial charge on any atom is 0.231 e. The van der Waals surface area contributed by atoms with Crippen molar-refractivity contribution < 1.29 is 9.26 Å². The zero-order valence-corrected chi connectivity index (χ0v) is 11.6. The largest absolute Gasteiger partial charge is 0.497 e. The second-order valence-electron chi connectivity index (χ2n) is 5.28. The lowest BCUT2D eigenvalue weighted by Crippen LogP contribution is -2.22. The Kier molecular flexibility index (Phi) is 3.69. The first kappa shape index (κ1) is 13.1. The molecule has 0 bridgehead atoms. The van der Waals surface area contributed by atoms with Crippen molar-refractivity contribution in [3.8, 4) is 5.75 Å². The van der Waals surface area contributed by atoms with Gasteiger partial charge in [-0.2, -0.15) is 4.98 Å². The molecule has 2 aromatic rings. The van der Waals surface area contributed by atoms with Crippen LogP contribution >= 0.6 is 0 Å². The number of methoxy groups -OCH3 is 1. The summed E-state index contributed by atoms with van der Waals surface area (Å²) in [5.41, 5.74) is 7.17. The standard InChI is InChI=1S/C15H19N3O2/c1-19-11-5-2-4-10(8-11)9-14-17-15(20-18-14)12-6-3-7-13(12)16/h2,4-5,8,12-13H,3,6-7,9,16H2,1H3. The molecule has 0 radical (unpaired) electrons. The molecule has 2 unspecified atom stereocenters. The van der Waals surface area contributed by atoms with E-state index >= 15 is 0 Å². The molecule has 1 aromatic heterocycles. The third-order valence-electron chi connectivity index (χ3n) is 3.87. The number of benzene rings is 1. The van der Waals surface area contributed by atoms with Gasteiger partial charge >= 0.3 is 0 Å². The van der Waals surface area contributed by atoms with Gasteiger partial charge in [0.15, 0.2) is 5.82 Å². The van der Waals surface area contributed by atoms with Gasteiger partial charge in [-0.15, -0.1) is 0 Å². The van der Waals surface area contributed by atoms with E-state index in [0.717, 1.165) is 30.6 Å². The van der Waals surface area contributed by atoms with Crippen molar-refractivity contribution in [2.45, 2.75) is 37.6 Å². The molecule has 0 aliphatic heterocycles. The van der Waals surface area contributed by atoms with Crippen LogP contribution in [0.3, 0.4) is 0 Å². The van der Waals surface area contributed by atoms with Gasteiger partial charge in [0, 0.05) is 12.5 Å². The van der Waals surface area contributed by atoms with Crippen molar-refractivity contribution >= 4 is 0 Å². The van der Waals surface area contributed by atoms with Crippen LogP contribution in [0.1, 0.15) is 42.5 Å². The van der Waals surface area contributed by atoms with Gasteiger partial charge in [0.2, 0.25) is 5.89 Å². The second kappa shape index (κ2) is 5.63. The monoisotopic (exact) mass is 273 g/mol. The van der Waals surface area contributed by atoms with Gasteiger partial charge in [0.1, 0.15) is 5.75 Å². The summed E-state index contributed by atoms with van der Waals surface area (Å²) in [6.45, 7) is 0. The average molecular weight is 273 g/mol. The first-order chi connectivity index (χ1) is 9.76. The lowest BCUT2D eigenvalue weighted by molar-refractivity contribution is 0.342. The summed E-state index contributed by atoms with van der Waals surface area (Å²) >= 11 is 0. The van der Waals surface area contributed by atoms with Crippen molar-refractivity contribution in [2.24, 2.45) is 5.73 Å². The summed E-state index contributed by atoms with van der Waals surface area (Å²) in [6.07, 6.45) is 3.86. The number of hydrogen-bond donors (Lipinski definition) is 1. The fourth-order valence-electron chi connectivity index (χ4n) is 2.75. The summed E-state index contributed by atoms with van der Waals surface area (Å²) in [5.74, 6) is 2.45. The first-order valence-corrected chi connectivity index (χ1v) is 6.97. The molecular formula is C15H19N3O2. The predicted molar refractivity (Wildman–Crippen MR) is 74.7 cm³/mol. The molecule has 20 heavy (non-hydrogen) atoms. The molecule has 0 spiro atoms. The number of ether oxygens (including phenoxy) is 1. The summed E-state index contributed by atoms with van der Waals surface area (Å²) in [7, 11) is 1.66. The Hall–Kier alpha value is -1.88. The number of aromatic nitrogens is 2. The molecule has 1 aromatic carbocycles. The molecule has 1 aliphatic carbocycles. The molecule has 1 aliphatic rings. The molecule has 1 heterocycles. The zero-order chi connectivity index (χ0) is 13.9. The minimum absolute atomic E-state index is 0.153. The van der Waals surface area contributed by atoms with Gasteiger partial charge in [-0.1, -0.05) is 23.7 Å².